The minimum atomic E-state index is -0.160. The Labute approximate surface area is 165 Å². The Balaban J connectivity index is 1.53. The van der Waals surface area contributed by atoms with Crippen LogP contribution in [0.5, 0.6) is 0 Å². The molecule has 0 aliphatic carbocycles. The second-order valence-corrected chi connectivity index (χ2v) is 6.75. The maximum Gasteiger partial charge on any atom is 0.243 e. The summed E-state index contributed by atoms with van der Waals surface area (Å²) in [6.45, 7) is 2.46. The number of halogens is 1. The van der Waals surface area contributed by atoms with E-state index >= 15 is 0 Å². The maximum atomic E-state index is 12.2. The molecule has 2 heterocycles. The molecule has 0 saturated heterocycles. The van der Waals surface area contributed by atoms with Crippen molar-refractivity contribution in [3.8, 4) is 0 Å². The van der Waals surface area contributed by atoms with Gasteiger partial charge >= 0.3 is 0 Å². The van der Waals surface area contributed by atoms with Gasteiger partial charge in [-0.1, -0.05) is 28.1 Å². The van der Waals surface area contributed by atoms with Gasteiger partial charge in [0, 0.05) is 23.4 Å². The number of rotatable bonds is 5. The van der Waals surface area contributed by atoms with Crippen molar-refractivity contribution < 1.29 is 4.79 Å². The minimum absolute atomic E-state index is 0.0895. The molecule has 3 N–H and O–H groups in total. The average molecular weight is 430 g/mol. The summed E-state index contributed by atoms with van der Waals surface area (Å²) in [6, 6.07) is 11.5. The van der Waals surface area contributed by atoms with Gasteiger partial charge in [0.15, 0.2) is 17.4 Å². The Morgan fingerprint density at radius 1 is 1.22 bits per heavy atom. The summed E-state index contributed by atoms with van der Waals surface area (Å²) < 4.78 is 2.80. The molecule has 0 fully saturated rings. The number of fused-ring (bicyclic) bond motifs is 1. The van der Waals surface area contributed by atoms with Crippen LogP contribution in [0.2, 0.25) is 0 Å². The lowest BCUT2D eigenvalue weighted by Crippen LogP contribution is -2.41. The number of carbonyl (C=O) groups excluding carboxylic acids is 1. The number of guanidine groups is 1. The monoisotopic (exact) mass is 429 g/mol. The Bertz CT molecular complexity index is 983. The Morgan fingerprint density at radius 2 is 2.07 bits per heavy atom. The molecule has 1 amide bonds. The van der Waals surface area contributed by atoms with Crippen LogP contribution in [-0.2, 0) is 11.3 Å². The third-order valence-electron chi connectivity index (χ3n) is 3.91. The minimum Gasteiger partial charge on any atom is -0.349 e. The van der Waals surface area contributed by atoms with E-state index in [2.05, 4.69) is 47.1 Å². The summed E-state index contributed by atoms with van der Waals surface area (Å²) in [5.41, 5.74) is 2.54. The number of hydrogen-bond donors (Lipinski definition) is 3. The summed E-state index contributed by atoms with van der Waals surface area (Å²) in [5, 5.41) is 17.3. The number of carbonyl (C=O) groups is 1. The lowest BCUT2D eigenvalue weighted by molar-refractivity contribution is -0.115. The molecule has 0 aliphatic rings. The van der Waals surface area contributed by atoms with Gasteiger partial charge in [-0.15, -0.1) is 10.2 Å². The van der Waals surface area contributed by atoms with Crippen molar-refractivity contribution in [3.63, 3.8) is 0 Å². The summed E-state index contributed by atoms with van der Waals surface area (Å²) in [6.07, 6.45) is 1.90. The van der Waals surface area contributed by atoms with Crippen LogP contribution in [0, 0.1) is 6.92 Å². The van der Waals surface area contributed by atoms with Gasteiger partial charge in [0.2, 0.25) is 5.91 Å². The number of anilines is 1. The van der Waals surface area contributed by atoms with Gasteiger partial charge in [0.05, 0.1) is 13.1 Å². The van der Waals surface area contributed by atoms with Crippen LogP contribution >= 0.6 is 15.9 Å². The number of aromatic nitrogens is 3. The molecule has 1 aromatic carbocycles. The molecule has 0 radical (unpaired) electrons. The van der Waals surface area contributed by atoms with Crippen LogP contribution in [0.1, 0.15) is 11.4 Å². The Hall–Kier alpha value is -2.94. The number of aliphatic imine (C=N–C) groups is 1. The summed E-state index contributed by atoms with van der Waals surface area (Å²) in [4.78, 5) is 16.3. The van der Waals surface area contributed by atoms with Crippen LogP contribution in [0.25, 0.3) is 5.65 Å². The zero-order chi connectivity index (χ0) is 19.2. The molecule has 0 atom stereocenters. The maximum absolute atomic E-state index is 12.2. The molecule has 9 heteroatoms. The number of nitrogens with zero attached hydrogens (tertiary/aromatic N) is 4. The molecule has 27 heavy (non-hydrogen) atoms. The van der Waals surface area contributed by atoms with Crippen molar-refractivity contribution in [2.75, 3.05) is 18.9 Å². The number of hydrogen-bond acceptors (Lipinski definition) is 4. The molecule has 2 aromatic heterocycles. The second kappa shape index (κ2) is 8.63. The lowest BCUT2D eigenvalue weighted by Gasteiger charge is -2.12. The number of pyridine rings is 1. The fraction of sp³-hybridized carbons (Fsp3) is 0.222. The quantitative estimate of drug-likeness (QED) is 0.426. The first-order valence-electron chi connectivity index (χ1n) is 8.36. The van der Waals surface area contributed by atoms with Gasteiger partial charge in [-0.25, -0.2) is 0 Å². The summed E-state index contributed by atoms with van der Waals surface area (Å²) in [5.74, 6) is 1.10. The van der Waals surface area contributed by atoms with Gasteiger partial charge in [-0.3, -0.25) is 14.2 Å². The van der Waals surface area contributed by atoms with Crippen molar-refractivity contribution in [1.82, 2.24) is 25.2 Å². The lowest BCUT2D eigenvalue weighted by atomic mass is 10.2. The summed E-state index contributed by atoms with van der Waals surface area (Å²) in [7, 11) is 1.65. The van der Waals surface area contributed by atoms with Gasteiger partial charge < -0.3 is 16.0 Å². The van der Waals surface area contributed by atoms with E-state index in [4.69, 9.17) is 0 Å². The molecule has 0 unspecified atom stereocenters. The number of nitrogens with one attached hydrogen (secondary N) is 3. The fourth-order valence-corrected chi connectivity index (χ4v) is 2.84. The van der Waals surface area contributed by atoms with E-state index < -0.39 is 0 Å². The zero-order valence-electron chi connectivity index (χ0n) is 15.0. The van der Waals surface area contributed by atoms with E-state index in [1.807, 2.05) is 53.9 Å². The largest absolute Gasteiger partial charge is 0.349 e. The van der Waals surface area contributed by atoms with Gasteiger partial charge in [-0.2, -0.15) is 0 Å². The van der Waals surface area contributed by atoms with E-state index in [9.17, 15) is 4.79 Å². The number of amides is 1. The standard InChI is InChI=1S/C18H20BrN7O/c1-12-6-7-13(19)9-14(12)23-17(27)11-22-18(20-2)21-10-16-25-24-15-5-3-4-8-26(15)16/h3-9H,10-11H2,1-2H3,(H,23,27)(H2,20,21,22). The predicted octanol–water partition coefficient (Wildman–Crippen LogP) is 2.10. The van der Waals surface area contributed by atoms with Crippen LogP contribution in [0.3, 0.4) is 0 Å². The number of benzene rings is 1. The van der Waals surface area contributed by atoms with Crippen LogP contribution in [0.15, 0.2) is 52.1 Å². The van der Waals surface area contributed by atoms with Crippen molar-refractivity contribution >= 4 is 39.1 Å². The van der Waals surface area contributed by atoms with Crippen LogP contribution in [-0.4, -0.2) is 40.1 Å². The first-order chi connectivity index (χ1) is 13.1. The SMILES string of the molecule is CN=C(NCC(=O)Nc1cc(Br)ccc1C)NCc1nnc2ccccn12. The molecule has 0 spiro atoms. The van der Waals surface area contributed by atoms with Gasteiger partial charge in [0.1, 0.15) is 0 Å². The van der Waals surface area contributed by atoms with Crippen molar-refractivity contribution in [2.24, 2.45) is 4.99 Å². The Morgan fingerprint density at radius 3 is 2.89 bits per heavy atom. The first kappa shape index (κ1) is 18.8. The van der Waals surface area contributed by atoms with Crippen molar-refractivity contribution in [2.45, 2.75) is 13.5 Å². The van der Waals surface area contributed by atoms with Gasteiger partial charge in [-0.05, 0) is 36.8 Å². The average Bonchev–Trinajstić information content (AvgIpc) is 3.08. The molecular formula is C18H20BrN7O. The molecule has 8 nitrogen and oxygen atoms in total. The highest BCUT2D eigenvalue weighted by Gasteiger charge is 2.08. The van der Waals surface area contributed by atoms with E-state index in [1.165, 1.54) is 0 Å². The molecule has 3 aromatic rings. The van der Waals surface area contributed by atoms with E-state index in [1.54, 1.807) is 7.05 Å². The van der Waals surface area contributed by atoms with E-state index in [0.29, 0.717) is 12.5 Å². The van der Waals surface area contributed by atoms with Crippen LogP contribution in [0.4, 0.5) is 5.69 Å². The molecule has 0 aliphatic heterocycles. The third kappa shape index (κ3) is 4.82. The van der Waals surface area contributed by atoms with Crippen LogP contribution < -0.4 is 16.0 Å². The van der Waals surface area contributed by atoms with Gasteiger partial charge in [0.25, 0.3) is 0 Å². The molecule has 3 rings (SSSR count). The van der Waals surface area contributed by atoms with E-state index in [0.717, 1.165) is 27.2 Å². The fourth-order valence-electron chi connectivity index (χ4n) is 2.48. The highest BCUT2D eigenvalue weighted by molar-refractivity contribution is 9.10. The van der Waals surface area contributed by atoms with Crippen molar-refractivity contribution in [3.05, 3.63) is 58.5 Å². The smallest absolute Gasteiger partial charge is 0.243 e. The first-order valence-corrected chi connectivity index (χ1v) is 9.15. The topological polar surface area (TPSA) is 95.7 Å². The second-order valence-electron chi connectivity index (χ2n) is 5.83. The zero-order valence-corrected chi connectivity index (χ0v) is 16.6. The Kier molecular flexibility index (Phi) is 6.02. The molecular weight excluding hydrogens is 410 g/mol. The normalized spacial score (nSPS) is 11.4. The third-order valence-corrected chi connectivity index (χ3v) is 4.41. The summed E-state index contributed by atoms with van der Waals surface area (Å²) >= 11 is 3.41. The molecule has 140 valence electrons. The van der Waals surface area contributed by atoms with Crippen molar-refractivity contribution in [1.29, 1.82) is 0 Å². The highest BCUT2D eigenvalue weighted by Crippen LogP contribution is 2.20. The number of aryl methyl sites for hydroxylation is 1. The molecule has 0 bridgehead atoms. The van der Waals surface area contributed by atoms with E-state index in [-0.39, 0.29) is 12.5 Å². The molecule has 0 saturated carbocycles. The highest BCUT2D eigenvalue weighted by atomic mass is 79.9. The predicted molar refractivity (Wildman–Crippen MR) is 109 cm³/mol.